The fourth-order valence-electron chi connectivity index (χ4n) is 0.966. The van der Waals surface area contributed by atoms with Crippen molar-refractivity contribution in [1.82, 2.24) is 0 Å². The molecule has 0 aliphatic rings. The van der Waals surface area contributed by atoms with Crippen molar-refractivity contribution >= 4 is 11.9 Å². The Morgan fingerprint density at radius 3 is 2.36 bits per heavy atom. The minimum atomic E-state index is -0.539. The molecule has 5 nitrogen and oxygen atoms in total. The van der Waals surface area contributed by atoms with Crippen molar-refractivity contribution in [3.05, 3.63) is 0 Å². The number of hydrogen-bond acceptors (Lipinski definition) is 5. The van der Waals surface area contributed by atoms with Gasteiger partial charge in [-0.05, 0) is 13.3 Å². The maximum absolute atomic E-state index is 11.2. The summed E-state index contributed by atoms with van der Waals surface area (Å²) >= 11 is 0. The number of ether oxygens (including phenoxy) is 1. The van der Waals surface area contributed by atoms with Crippen LogP contribution in [-0.2, 0) is 24.1 Å². The lowest BCUT2D eigenvalue weighted by Crippen LogP contribution is -2.21. The first-order valence-electron chi connectivity index (χ1n) is 4.55. The number of carbonyl (C=O) groups excluding carboxylic acids is 2. The van der Waals surface area contributed by atoms with Crippen LogP contribution in [0.5, 0.6) is 0 Å². The van der Waals surface area contributed by atoms with E-state index < -0.39 is 17.9 Å². The van der Waals surface area contributed by atoms with Crippen LogP contribution in [0.15, 0.2) is 0 Å². The van der Waals surface area contributed by atoms with E-state index in [1.165, 1.54) is 7.11 Å². The molecule has 0 saturated heterocycles. The first kappa shape index (κ1) is 12.9. The average molecular weight is 204 g/mol. The fraction of sp³-hybridized carbons (Fsp3) is 0.778. The molecule has 5 heteroatoms. The first-order chi connectivity index (χ1) is 6.65. The van der Waals surface area contributed by atoms with Gasteiger partial charge < -0.3 is 4.74 Å². The van der Waals surface area contributed by atoms with Crippen LogP contribution in [0.2, 0.25) is 0 Å². The molecular weight excluding hydrogens is 188 g/mol. The smallest absolute Gasteiger partial charge is 0.345 e. The summed E-state index contributed by atoms with van der Waals surface area (Å²) in [5.41, 5.74) is 0. The van der Waals surface area contributed by atoms with Gasteiger partial charge in [0, 0.05) is 0 Å². The van der Waals surface area contributed by atoms with Crippen LogP contribution in [0, 0.1) is 5.92 Å². The van der Waals surface area contributed by atoms with Gasteiger partial charge in [-0.3, -0.25) is 9.68 Å². The zero-order valence-electron chi connectivity index (χ0n) is 8.74. The van der Waals surface area contributed by atoms with Crippen molar-refractivity contribution in [2.24, 2.45) is 5.92 Å². The minimum Gasteiger partial charge on any atom is -0.466 e. The molecule has 1 unspecified atom stereocenters. The van der Waals surface area contributed by atoms with Crippen LogP contribution in [0.1, 0.15) is 26.7 Å². The minimum absolute atomic E-state index is 0.0343. The third kappa shape index (κ3) is 4.81. The molecule has 0 fully saturated rings. The molecule has 82 valence electrons. The molecule has 0 aliphatic carbocycles. The Morgan fingerprint density at radius 1 is 1.29 bits per heavy atom. The molecule has 0 aromatic carbocycles. The van der Waals surface area contributed by atoms with E-state index in [0.717, 1.165) is 0 Å². The molecule has 0 amide bonds. The van der Waals surface area contributed by atoms with E-state index in [0.29, 0.717) is 13.0 Å². The van der Waals surface area contributed by atoms with E-state index >= 15 is 0 Å². The molecule has 0 heterocycles. The summed E-state index contributed by atoms with van der Waals surface area (Å²) in [5.74, 6) is -1.43. The Labute approximate surface area is 83.3 Å². The lowest BCUT2D eigenvalue weighted by Gasteiger charge is -2.10. The van der Waals surface area contributed by atoms with Gasteiger partial charge in [0.15, 0.2) is 0 Å². The van der Waals surface area contributed by atoms with Crippen LogP contribution >= 0.6 is 0 Å². The van der Waals surface area contributed by atoms with Gasteiger partial charge >= 0.3 is 11.9 Å². The molecular formula is C9H16O5. The summed E-state index contributed by atoms with van der Waals surface area (Å²) in [5, 5.41) is 0. The van der Waals surface area contributed by atoms with Crippen LogP contribution in [0.3, 0.4) is 0 Å². The molecule has 0 rings (SSSR count). The third-order valence-corrected chi connectivity index (χ3v) is 1.71. The molecule has 0 radical (unpaired) electrons. The summed E-state index contributed by atoms with van der Waals surface area (Å²) in [7, 11) is 1.25. The largest absolute Gasteiger partial charge is 0.466 e. The summed E-state index contributed by atoms with van der Waals surface area (Å²) < 4.78 is 4.71. The third-order valence-electron chi connectivity index (χ3n) is 1.71. The Hall–Kier alpha value is -1.10. The summed E-state index contributed by atoms with van der Waals surface area (Å²) in [6.45, 7) is 3.82. The van der Waals surface area contributed by atoms with E-state index in [4.69, 9.17) is 4.74 Å². The van der Waals surface area contributed by atoms with E-state index in [-0.39, 0.29) is 6.42 Å². The van der Waals surface area contributed by atoms with Gasteiger partial charge in [-0.15, -0.1) is 0 Å². The maximum atomic E-state index is 11.2. The van der Waals surface area contributed by atoms with Crippen LogP contribution in [0.4, 0.5) is 0 Å². The molecule has 0 N–H and O–H groups in total. The lowest BCUT2D eigenvalue weighted by molar-refractivity contribution is -0.259. The van der Waals surface area contributed by atoms with Crippen LogP contribution < -0.4 is 0 Å². The number of carbonyl (C=O) groups is 2. The normalized spacial score (nSPS) is 11.9. The van der Waals surface area contributed by atoms with Gasteiger partial charge in [-0.2, -0.15) is 4.89 Å². The highest BCUT2D eigenvalue weighted by molar-refractivity contribution is 5.79. The second kappa shape index (κ2) is 7.32. The Kier molecular flexibility index (Phi) is 6.74. The Morgan fingerprint density at radius 2 is 1.93 bits per heavy atom. The SMILES string of the molecule is CCOC(=O)CC(CC)C(=O)OOC. The van der Waals surface area contributed by atoms with E-state index in [2.05, 4.69) is 9.78 Å². The maximum Gasteiger partial charge on any atom is 0.345 e. The molecule has 0 aromatic heterocycles. The zero-order valence-corrected chi connectivity index (χ0v) is 8.74. The van der Waals surface area contributed by atoms with E-state index in [1.54, 1.807) is 13.8 Å². The van der Waals surface area contributed by atoms with E-state index in [1.807, 2.05) is 0 Å². The summed E-state index contributed by atoms with van der Waals surface area (Å²) in [6.07, 6.45) is 0.549. The van der Waals surface area contributed by atoms with Gasteiger partial charge in [0.1, 0.15) is 0 Å². The second-order valence-electron chi connectivity index (χ2n) is 2.68. The molecule has 1 atom stereocenters. The molecule has 0 spiro atoms. The van der Waals surface area contributed by atoms with Crippen molar-refractivity contribution in [3.63, 3.8) is 0 Å². The van der Waals surface area contributed by atoms with Gasteiger partial charge in [0.05, 0.1) is 26.1 Å². The molecule has 0 aliphatic heterocycles. The average Bonchev–Trinajstić information content (AvgIpc) is 2.15. The summed E-state index contributed by atoms with van der Waals surface area (Å²) in [4.78, 5) is 30.8. The van der Waals surface area contributed by atoms with Gasteiger partial charge in [0.2, 0.25) is 0 Å². The predicted octanol–water partition coefficient (Wildman–Crippen LogP) is 1.07. The second-order valence-corrected chi connectivity index (χ2v) is 2.68. The lowest BCUT2D eigenvalue weighted by atomic mass is 10.0. The van der Waals surface area contributed by atoms with Crippen molar-refractivity contribution in [2.45, 2.75) is 26.7 Å². The summed E-state index contributed by atoms with van der Waals surface area (Å²) in [6, 6.07) is 0. The molecule has 14 heavy (non-hydrogen) atoms. The van der Waals surface area contributed by atoms with E-state index in [9.17, 15) is 9.59 Å². The highest BCUT2D eigenvalue weighted by Crippen LogP contribution is 2.11. The number of hydrogen-bond donors (Lipinski definition) is 0. The molecule has 0 bridgehead atoms. The Balaban J connectivity index is 4.01. The molecule has 0 aromatic rings. The van der Waals surface area contributed by atoms with Gasteiger partial charge in [-0.1, -0.05) is 6.92 Å². The van der Waals surface area contributed by atoms with Crippen molar-refractivity contribution < 1.29 is 24.1 Å². The number of esters is 1. The predicted molar refractivity (Wildman–Crippen MR) is 48.1 cm³/mol. The highest BCUT2D eigenvalue weighted by atomic mass is 17.2. The quantitative estimate of drug-likeness (QED) is 0.368. The first-order valence-corrected chi connectivity index (χ1v) is 4.55. The number of rotatable bonds is 6. The van der Waals surface area contributed by atoms with Gasteiger partial charge in [0.25, 0.3) is 0 Å². The van der Waals surface area contributed by atoms with Crippen LogP contribution in [0.25, 0.3) is 0 Å². The fourth-order valence-corrected chi connectivity index (χ4v) is 0.966. The van der Waals surface area contributed by atoms with Crippen molar-refractivity contribution in [2.75, 3.05) is 13.7 Å². The molecule has 0 saturated carbocycles. The van der Waals surface area contributed by atoms with Gasteiger partial charge in [-0.25, -0.2) is 4.79 Å². The zero-order chi connectivity index (χ0) is 11.0. The Bertz CT molecular complexity index is 190. The van der Waals surface area contributed by atoms with Crippen molar-refractivity contribution in [3.8, 4) is 0 Å². The topological polar surface area (TPSA) is 61.8 Å². The highest BCUT2D eigenvalue weighted by Gasteiger charge is 2.22. The van der Waals surface area contributed by atoms with Crippen molar-refractivity contribution in [1.29, 1.82) is 0 Å². The van der Waals surface area contributed by atoms with Crippen LogP contribution in [-0.4, -0.2) is 25.7 Å². The standard InChI is InChI=1S/C9H16O5/c1-4-7(9(11)14-12-3)6-8(10)13-5-2/h7H,4-6H2,1-3H3. The monoisotopic (exact) mass is 204 g/mol.